The van der Waals surface area contributed by atoms with Crippen LogP contribution in [-0.4, -0.2) is 0 Å². The number of benzene rings is 11. The summed E-state index contributed by atoms with van der Waals surface area (Å²) in [5, 5.41) is 4.90. The largest absolute Gasteiger partial charge is 0.455 e. The van der Waals surface area contributed by atoms with E-state index in [1.165, 1.54) is 64.7 Å². The Morgan fingerprint density at radius 1 is 0.343 bits per heavy atom. The average molecular weight is 910 g/mol. The van der Waals surface area contributed by atoms with E-state index in [0.29, 0.717) is 0 Å². The molecule has 14 rings (SSSR count). The van der Waals surface area contributed by atoms with Crippen molar-refractivity contribution in [3.05, 3.63) is 283 Å². The van der Waals surface area contributed by atoms with Crippen molar-refractivity contribution in [1.82, 2.24) is 0 Å². The maximum absolute atomic E-state index is 6.42. The topological polar surface area (TPSA) is 16.4 Å². The van der Waals surface area contributed by atoms with E-state index in [9.17, 15) is 0 Å². The summed E-state index contributed by atoms with van der Waals surface area (Å²) in [5.41, 5.74) is 19.1. The molecule has 0 atom stereocenters. The lowest BCUT2D eigenvalue weighted by Gasteiger charge is -2.34. The van der Waals surface area contributed by atoms with Crippen LogP contribution in [0, 0.1) is 0 Å². The van der Waals surface area contributed by atoms with Gasteiger partial charge in [-0.25, -0.2) is 0 Å². The first kappa shape index (κ1) is 40.3. The molecule has 70 heavy (non-hydrogen) atoms. The van der Waals surface area contributed by atoms with Crippen molar-refractivity contribution in [3.8, 4) is 44.5 Å². The van der Waals surface area contributed by atoms with E-state index < -0.39 is 5.41 Å². The molecule has 0 N–H and O–H groups in total. The van der Waals surface area contributed by atoms with Crippen LogP contribution in [0.5, 0.6) is 0 Å². The van der Waals surface area contributed by atoms with Gasteiger partial charge in [0.15, 0.2) is 0 Å². The molecule has 3 heteroatoms. The highest BCUT2D eigenvalue weighted by Gasteiger charge is 2.47. The number of fused-ring (bicyclic) bond motifs is 9. The Morgan fingerprint density at radius 2 is 0.843 bits per heavy atom. The van der Waals surface area contributed by atoms with E-state index in [2.05, 4.69) is 254 Å². The van der Waals surface area contributed by atoms with E-state index in [1.807, 2.05) is 23.5 Å². The Morgan fingerprint density at radius 3 is 1.59 bits per heavy atom. The van der Waals surface area contributed by atoms with Crippen LogP contribution in [0.2, 0.25) is 0 Å². The number of nitrogens with zero attached hydrogens (tertiary/aromatic N) is 1. The van der Waals surface area contributed by atoms with Crippen LogP contribution in [0.25, 0.3) is 86.6 Å². The highest BCUT2D eigenvalue weighted by Crippen LogP contribution is 2.59. The molecule has 0 fully saturated rings. The van der Waals surface area contributed by atoms with Crippen molar-refractivity contribution in [1.29, 1.82) is 0 Å². The molecule has 0 spiro atoms. The lowest BCUT2D eigenvalue weighted by atomic mass is 9.68. The molecule has 328 valence electrons. The zero-order chi connectivity index (χ0) is 46.2. The van der Waals surface area contributed by atoms with Gasteiger partial charge in [-0.15, -0.1) is 11.3 Å². The molecule has 0 aliphatic heterocycles. The second-order valence-electron chi connectivity index (χ2n) is 18.3. The molecule has 0 saturated carbocycles. The van der Waals surface area contributed by atoms with Crippen molar-refractivity contribution in [2.75, 3.05) is 4.90 Å². The molecule has 0 saturated heterocycles. The molecule has 0 bridgehead atoms. The maximum atomic E-state index is 6.42. The first-order valence-electron chi connectivity index (χ1n) is 24.0. The smallest absolute Gasteiger partial charge is 0.143 e. The second kappa shape index (κ2) is 16.2. The van der Waals surface area contributed by atoms with Crippen molar-refractivity contribution < 1.29 is 4.42 Å². The molecule has 1 aliphatic carbocycles. The Bertz CT molecular complexity index is 4050. The first-order chi connectivity index (χ1) is 34.7. The van der Waals surface area contributed by atoms with Gasteiger partial charge in [0.1, 0.15) is 11.2 Å². The van der Waals surface area contributed by atoms with Crippen LogP contribution in [0.3, 0.4) is 0 Å². The van der Waals surface area contributed by atoms with Gasteiger partial charge in [-0.2, -0.15) is 0 Å². The van der Waals surface area contributed by atoms with Crippen LogP contribution < -0.4 is 4.90 Å². The summed E-state index contributed by atoms with van der Waals surface area (Å²) in [6.07, 6.45) is 0. The zero-order valence-corrected chi connectivity index (χ0v) is 38.9. The molecule has 2 nitrogen and oxygen atoms in total. The van der Waals surface area contributed by atoms with E-state index in [1.54, 1.807) is 0 Å². The van der Waals surface area contributed by atoms with Crippen LogP contribution in [0.1, 0.15) is 22.3 Å². The minimum absolute atomic E-state index is 0.520. The number of thiophene rings is 1. The number of furan rings is 1. The number of hydrogen-bond acceptors (Lipinski definition) is 3. The normalized spacial score (nSPS) is 12.7. The molecular weight excluding hydrogens is 867 g/mol. The quantitative estimate of drug-likeness (QED) is 0.151. The molecule has 2 aromatic heterocycles. The lowest BCUT2D eigenvalue weighted by molar-refractivity contribution is 0.670. The van der Waals surface area contributed by atoms with E-state index in [4.69, 9.17) is 4.42 Å². The number of hydrogen-bond donors (Lipinski definition) is 0. The van der Waals surface area contributed by atoms with Crippen LogP contribution in [0.15, 0.2) is 265 Å². The lowest BCUT2D eigenvalue weighted by Crippen LogP contribution is -2.28. The molecule has 0 unspecified atom stereocenters. The van der Waals surface area contributed by atoms with Gasteiger partial charge in [-0.3, -0.25) is 0 Å². The number of rotatable bonds is 8. The van der Waals surface area contributed by atoms with Gasteiger partial charge in [0.25, 0.3) is 0 Å². The summed E-state index contributed by atoms with van der Waals surface area (Å²) in [7, 11) is 0. The van der Waals surface area contributed by atoms with Crippen LogP contribution in [0.4, 0.5) is 17.1 Å². The summed E-state index contributed by atoms with van der Waals surface area (Å²) >= 11 is 1.86. The Labute approximate surface area is 410 Å². The highest BCUT2D eigenvalue weighted by molar-refractivity contribution is 7.25. The van der Waals surface area contributed by atoms with Gasteiger partial charge < -0.3 is 9.32 Å². The Kier molecular flexibility index (Phi) is 9.33. The first-order valence-corrected chi connectivity index (χ1v) is 24.8. The minimum Gasteiger partial charge on any atom is -0.455 e. The van der Waals surface area contributed by atoms with Crippen molar-refractivity contribution >= 4 is 70.5 Å². The molecule has 1 aliphatic rings. The summed E-state index contributed by atoms with van der Waals surface area (Å²) in [6, 6.07) is 95.5. The summed E-state index contributed by atoms with van der Waals surface area (Å²) in [6.45, 7) is 0. The van der Waals surface area contributed by atoms with Gasteiger partial charge in [-0.05, 0) is 104 Å². The molecule has 11 aromatic carbocycles. The monoisotopic (exact) mass is 909 g/mol. The van der Waals surface area contributed by atoms with Crippen LogP contribution in [-0.2, 0) is 5.41 Å². The van der Waals surface area contributed by atoms with Gasteiger partial charge in [-0.1, -0.05) is 212 Å². The summed E-state index contributed by atoms with van der Waals surface area (Å²) in [5.74, 6) is 0. The van der Waals surface area contributed by atoms with Gasteiger partial charge in [0.2, 0.25) is 0 Å². The standard InChI is InChI=1S/C67H43NOS/c1-3-16-48(17-4-1)67(49-18-5-2-6-19-49)58-26-10-7-21-56(58)65-59(67)27-15-28-60(65)68(51-42-38-46(39-43-51)52-23-14-31-63-64(52)57-22-9-12-30-62(57)70-63)50-40-36-45(37-41-50)44-32-34-47(35-33-44)53-24-13-25-55-54-20-8-11-29-61(54)69-66(53)55/h1-43H. The maximum Gasteiger partial charge on any atom is 0.143 e. The zero-order valence-electron chi connectivity index (χ0n) is 38.1. The predicted molar refractivity (Wildman–Crippen MR) is 295 cm³/mol. The minimum atomic E-state index is -0.520. The SMILES string of the molecule is c1ccc(C2(c3ccccc3)c3ccccc3-c3c(N(c4ccc(-c5ccc(-c6cccc7c6oc6ccccc67)cc5)cc4)c4ccc(-c5cccc6sc7ccccc7c56)cc4)cccc32)cc1. The second-order valence-corrected chi connectivity index (χ2v) is 19.4. The molecule has 0 amide bonds. The predicted octanol–water partition coefficient (Wildman–Crippen LogP) is 18.8. The molecule has 2 heterocycles. The van der Waals surface area contributed by atoms with E-state index in [0.717, 1.165) is 61.3 Å². The van der Waals surface area contributed by atoms with Crippen molar-refractivity contribution in [2.45, 2.75) is 5.41 Å². The fourth-order valence-corrected chi connectivity index (χ4v) is 12.6. The highest BCUT2D eigenvalue weighted by atomic mass is 32.1. The van der Waals surface area contributed by atoms with Crippen molar-refractivity contribution in [3.63, 3.8) is 0 Å². The Balaban J connectivity index is 0.916. The molecule has 13 aromatic rings. The third-order valence-corrected chi connectivity index (χ3v) is 15.7. The number of anilines is 3. The summed E-state index contributed by atoms with van der Waals surface area (Å²) < 4.78 is 9.04. The molecular formula is C67H43NOS. The third-order valence-electron chi connectivity index (χ3n) is 14.6. The Hall–Kier alpha value is -8.76. The van der Waals surface area contributed by atoms with Crippen molar-refractivity contribution in [2.24, 2.45) is 0 Å². The van der Waals surface area contributed by atoms with Gasteiger partial charge >= 0.3 is 0 Å². The van der Waals surface area contributed by atoms with E-state index >= 15 is 0 Å². The summed E-state index contributed by atoms with van der Waals surface area (Å²) in [4.78, 5) is 2.47. The fraction of sp³-hybridized carbons (Fsp3) is 0.0149. The third kappa shape index (κ3) is 6.19. The van der Waals surface area contributed by atoms with Gasteiger partial charge in [0, 0.05) is 53.4 Å². The van der Waals surface area contributed by atoms with Gasteiger partial charge in [0.05, 0.1) is 11.1 Å². The average Bonchev–Trinajstić information content (AvgIpc) is 4.11. The fourth-order valence-electron chi connectivity index (χ4n) is 11.5. The number of para-hydroxylation sites is 2. The molecule has 0 radical (unpaired) electrons. The van der Waals surface area contributed by atoms with Crippen LogP contribution >= 0.6 is 11.3 Å². The van der Waals surface area contributed by atoms with E-state index in [-0.39, 0.29) is 0 Å².